The van der Waals surface area contributed by atoms with Gasteiger partial charge in [-0.05, 0) is 36.5 Å². The smallest absolute Gasteiger partial charge is 0.228 e. The van der Waals surface area contributed by atoms with Crippen LogP contribution in [0.5, 0.6) is 0 Å². The normalized spacial score (nSPS) is 20.9. The average Bonchev–Trinajstić information content (AvgIpc) is 2.40. The van der Waals surface area contributed by atoms with E-state index in [1.807, 2.05) is 6.07 Å². The highest BCUT2D eigenvalue weighted by molar-refractivity contribution is 5.96. The first-order chi connectivity index (χ1) is 9.44. The number of benzene rings is 1. The van der Waals surface area contributed by atoms with Gasteiger partial charge in [-0.2, -0.15) is 5.26 Å². The topological polar surface area (TPSA) is 78.9 Å². The Morgan fingerprint density at radius 1 is 1.45 bits per heavy atom. The number of rotatable bonds is 2. The van der Waals surface area contributed by atoms with Crippen LogP contribution in [0.25, 0.3) is 0 Å². The summed E-state index contributed by atoms with van der Waals surface area (Å²) < 4.78 is 0. The number of nitrogens with zero attached hydrogens (tertiary/aromatic N) is 1. The second-order valence-electron chi connectivity index (χ2n) is 6.19. The zero-order chi connectivity index (χ0) is 14.8. The molecule has 20 heavy (non-hydrogen) atoms. The minimum Gasteiger partial charge on any atom is -0.397 e. The zero-order valence-corrected chi connectivity index (χ0v) is 12.1. The molecule has 2 rings (SSSR count). The number of nitrogens with two attached hydrogens (primary N) is 1. The number of carbonyl (C=O) groups is 1. The van der Waals surface area contributed by atoms with Crippen LogP contribution in [-0.2, 0) is 4.79 Å². The highest BCUT2D eigenvalue weighted by atomic mass is 16.1. The molecule has 1 unspecified atom stereocenters. The standard InChI is InChI=1S/C16H21N3O/c1-16(2)8-4-3-5-12(16)15(20)19-14-7-6-11(10-17)9-13(14)18/h6-7,9,12H,3-5,8,18H2,1-2H3,(H,19,20). The van der Waals surface area contributed by atoms with Gasteiger partial charge in [0.1, 0.15) is 0 Å². The SMILES string of the molecule is CC1(C)CCCCC1C(=O)Nc1ccc(C#N)cc1N. The fraction of sp³-hybridized carbons (Fsp3) is 0.500. The van der Waals surface area contributed by atoms with Gasteiger partial charge in [0.25, 0.3) is 0 Å². The van der Waals surface area contributed by atoms with Crippen molar-refractivity contribution in [2.45, 2.75) is 39.5 Å². The molecule has 1 saturated carbocycles. The van der Waals surface area contributed by atoms with Crippen LogP contribution in [0.4, 0.5) is 11.4 Å². The van der Waals surface area contributed by atoms with Crippen molar-refractivity contribution in [3.8, 4) is 6.07 Å². The Morgan fingerprint density at radius 2 is 2.20 bits per heavy atom. The van der Waals surface area contributed by atoms with Crippen molar-refractivity contribution < 1.29 is 4.79 Å². The molecule has 1 aliphatic carbocycles. The molecule has 4 heteroatoms. The third kappa shape index (κ3) is 2.93. The van der Waals surface area contributed by atoms with Crippen LogP contribution in [0.3, 0.4) is 0 Å². The lowest BCUT2D eigenvalue weighted by molar-refractivity contribution is -0.124. The minimum atomic E-state index is 0.0197. The van der Waals surface area contributed by atoms with Crippen LogP contribution in [0.1, 0.15) is 45.1 Å². The van der Waals surface area contributed by atoms with E-state index in [0.29, 0.717) is 16.9 Å². The summed E-state index contributed by atoms with van der Waals surface area (Å²) in [5.74, 6) is 0.0531. The van der Waals surface area contributed by atoms with E-state index in [0.717, 1.165) is 19.3 Å². The molecule has 0 bridgehead atoms. The van der Waals surface area contributed by atoms with Gasteiger partial charge in [-0.3, -0.25) is 4.79 Å². The highest BCUT2D eigenvalue weighted by Gasteiger charge is 2.37. The van der Waals surface area contributed by atoms with Gasteiger partial charge in [0, 0.05) is 5.92 Å². The lowest BCUT2D eigenvalue weighted by atomic mass is 9.68. The summed E-state index contributed by atoms with van der Waals surface area (Å²) in [5.41, 5.74) is 7.44. The fourth-order valence-corrected chi connectivity index (χ4v) is 2.95. The van der Waals surface area contributed by atoms with E-state index in [2.05, 4.69) is 19.2 Å². The largest absolute Gasteiger partial charge is 0.397 e. The summed E-state index contributed by atoms with van der Waals surface area (Å²) >= 11 is 0. The number of hydrogen-bond donors (Lipinski definition) is 2. The van der Waals surface area contributed by atoms with Gasteiger partial charge in [-0.1, -0.05) is 26.7 Å². The van der Waals surface area contributed by atoms with E-state index in [4.69, 9.17) is 11.0 Å². The van der Waals surface area contributed by atoms with Crippen LogP contribution in [0.2, 0.25) is 0 Å². The van der Waals surface area contributed by atoms with E-state index >= 15 is 0 Å². The van der Waals surface area contributed by atoms with Crippen LogP contribution in [0.15, 0.2) is 18.2 Å². The van der Waals surface area contributed by atoms with Gasteiger partial charge in [-0.25, -0.2) is 0 Å². The number of amides is 1. The average molecular weight is 271 g/mol. The Kier molecular flexibility index (Phi) is 3.99. The Labute approximate surface area is 120 Å². The molecule has 1 fully saturated rings. The summed E-state index contributed by atoms with van der Waals surface area (Å²) in [6.45, 7) is 4.30. The van der Waals surface area contributed by atoms with Crippen molar-refractivity contribution in [3.63, 3.8) is 0 Å². The number of hydrogen-bond acceptors (Lipinski definition) is 3. The molecule has 1 aromatic rings. The maximum atomic E-state index is 12.5. The predicted octanol–water partition coefficient (Wildman–Crippen LogP) is 3.30. The summed E-state index contributed by atoms with van der Waals surface area (Å²) in [5, 5.41) is 11.7. The molecule has 0 saturated heterocycles. The molecule has 0 radical (unpaired) electrons. The number of nitrogens with one attached hydrogen (secondary N) is 1. The third-order valence-corrected chi connectivity index (χ3v) is 4.26. The van der Waals surface area contributed by atoms with Crippen LogP contribution < -0.4 is 11.1 Å². The lowest BCUT2D eigenvalue weighted by Gasteiger charge is -2.37. The molecule has 106 valence electrons. The van der Waals surface area contributed by atoms with Crippen molar-refractivity contribution in [3.05, 3.63) is 23.8 Å². The van der Waals surface area contributed by atoms with E-state index < -0.39 is 0 Å². The van der Waals surface area contributed by atoms with Crippen LogP contribution >= 0.6 is 0 Å². The molecule has 3 N–H and O–H groups in total. The van der Waals surface area contributed by atoms with Gasteiger partial charge in [0.2, 0.25) is 5.91 Å². The van der Waals surface area contributed by atoms with Gasteiger partial charge in [0.05, 0.1) is 23.0 Å². The molecule has 0 heterocycles. The monoisotopic (exact) mass is 271 g/mol. The Hall–Kier alpha value is -2.02. The summed E-state index contributed by atoms with van der Waals surface area (Å²) in [7, 11) is 0. The number of nitriles is 1. The van der Waals surface area contributed by atoms with E-state index in [9.17, 15) is 4.79 Å². The number of anilines is 2. The Morgan fingerprint density at radius 3 is 2.80 bits per heavy atom. The van der Waals surface area contributed by atoms with Crippen LogP contribution in [-0.4, -0.2) is 5.91 Å². The molecular formula is C16H21N3O. The second kappa shape index (κ2) is 5.54. The molecule has 1 atom stereocenters. The minimum absolute atomic E-state index is 0.0197. The molecule has 1 aliphatic rings. The van der Waals surface area contributed by atoms with Crippen molar-refractivity contribution in [2.75, 3.05) is 11.1 Å². The number of carbonyl (C=O) groups excluding carboxylic acids is 1. The second-order valence-corrected chi connectivity index (χ2v) is 6.19. The first-order valence-electron chi connectivity index (χ1n) is 7.04. The summed E-state index contributed by atoms with van der Waals surface area (Å²) in [6.07, 6.45) is 4.29. The molecule has 1 amide bonds. The maximum absolute atomic E-state index is 12.5. The first-order valence-corrected chi connectivity index (χ1v) is 7.04. The maximum Gasteiger partial charge on any atom is 0.228 e. The first kappa shape index (κ1) is 14.4. The third-order valence-electron chi connectivity index (χ3n) is 4.26. The van der Waals surface area contributed by atoms with Crippen molar-refractivity contribution in [2.24, 2.45) is 11.3 Å². The van der Waals surface area contributed by atoms with Gasteiger partial charge in [-0.15, -0.1) is 0 Å². The molecule has 0 aliphatic heterocycles. The molecule has 4 nitrogen and oxygen atoms in total. The fourth-order valence-electron chi connectivity index (χ4n) is 2.95. The van der Waals surface area contributed by atoms with Crippen LogP contribution in [0, 0.1) is 22.7 Å². The Bertz CT molecular complexity index is 557. The Balaban J connectivity index is 2.14. The molecule has 0 aromatic heterocycles. The molecule has 1 aromatic carbocycles. The van der Waals surface area contributed by atoms with Crippen molar-refractivity contribution in [1.29, 1.82) is 5.26 Å². The lowest BCUT2D eigenvalue weighted by Crippen LogP contribution is -2.37. The molecular weight excluding hydrogens is 250 g/mol. The summed E-state index contributed by atoms with van der Waals surface area (Å²) in [4.78, 5) is 12.5. The van der Waals surface area contributed by atoms with Crippen molar-refractivity contribution >= 4 is 17.3 Å². The van der Waals surface area contributed by atoms with E-state index in [1.165, 1.54) is 6.42 Å². The quantitative estimate of drug-likeness (QED) is 0.810. The molecule has 0 spiro atoms. The van der Waals surface area contributed by atoms with Gasteiger partial charge in [0.15, 0.2) is 0 Å². The summed E-state index contributed by atoms with van der Waals surface area (Å²) in [6, 6.07) is 6.98. The van der Waals surface area contributed by atoms with E-state index in [1.54, 1.807) is 18.2 Å². The highest BCUT2D eigenvalue weighted by Crippen LogP contribution is 2.41. The number of nitrogen functional groups attached to an aromatic ring is 1. The zero-order valence-electron chi connectivity index (χ0n) is 12.1. The van der Waals surface area contributed by atoms with Crippen molar-refractivity contribution in [1.82, 2.24) is 0 Å². The van der Waals surface area contributed by atoms with E-state index in [-0.39, 0.29) is 17.2 Å². The predicted molar refractivity (Wildman–Crippen MR) is 79.9 cm³/mol. The van der Waals surface area contributed by atoms with Gasteiger partial charge >= 0.3 is 0 Å². The van der Waals surface area contributed by atoms with Gasteiger partial charge < -0.3 is 11.1 Å².